The van der Waals surface area contributed by atoms with Crippen molar-refractivity contribution in [2.45, 2.75) is 19.3 Å². The Morgan fingerprint density at radius 2 is 1.80 bits per heavy atom. The van der Waals surface area contributed by atoms with Crippen LogP contribution in [0.3, 0.4) is 0 Å². The summed E-state index contributed by atoms with van der Waals surface area (Å²) in [5, 5.41) is 0. The number of nitrogens with two attached hydrogens (primary N) is 1. The van der Waals surface area contributed by atoms with Crippen LogP contribution in [-0.2, 0) is 6.42 Å². The molecule has 1 saturated heterocycles. The van der Waals surface area contributed by atoms with Gasteiger partial charge in [0.05, 0.1) is 0 Å². The lowest BCUT2D eigenvalue weighted by atomic mass is 10.1. The van der Waals surface area contributed by atoms with Crippen molar-refractivity contribution in [3.05, 3.63) is 46.2 Å². The molecule has 2 N–H and O–H groups in total. The normalized spacial score (nSPS) is 14.8. The summed E-state index contributed by atoms with van der Waals surface area (Å²) < 4.78 is 0.816. The van der Waals surface area contributed by atoms with Crippen molar-refractivity contribution in [1.29, 1.82) is 0 Å². The van der Waals surface area contributed by atoms with Gasteiger partial charge in [-0.05, 0) is 34.3 Å². The maximum atomic E-state index is 6.02. The van der Waals surface area contributed by atoms with Crippen LogP contribution in [-0.4, -0.2) is 23.1 Å². The lowest BCUT2D eigenvalue weighted by Gasteiger charge is -2.19. The van der Waals surface area contributed by atoms with Crippen LogP contribution in [0.2, 0.25) is 0 Å². The van der Waals surface area contributed by atoms with Crippen LogP contribution < -0.4 is 10.6 Å². The number of halogens is 1. The van der Waals surface area contributed by atoms with E-state index in [0.717, 1.165) is 29.2 Å². The number of nitrogen functional groups attached to an aromatic ring is 1. The molecule has 1 fully saturated rings. The predicted molar refractivity (Wildman–Crippen MR) is 84.8 cm³/mol. The second-order valence-corrected chi connectivity index (χ2v) is 5.81. The minimum atomic E-state index is 0.521. The fourth-order valence-corrected chi connectivity index (χ4v) is 2.92. The van der Waals surface area contributed by atoms with Gasteiger partial charge in [0.1, 0.15) is 21.9 Å². The van der Waals surface area contributed by atoms with E-state index in [0.29, 0.717) is 12.2 Å². The average Bonchev–Trinajstić information content (AvgIpc) is 2.98. The Kier molecular flexibility index (Phi) is 3.87. The Hall–Kier alpha value is -1.62. The van der Waals surface area contributed by atoms with Gasteiger partial charge in [-0.25, -0.2) is 9.97 Å². The van der Waals surface area contributed by atoms with Gasteiger partial charge in [0, 0.05) is 19.5 Å². The molecular formula is C15H17BrN4. The van der Waals surface area contributed by atoms with Crippen LogP contribution in [0.4, 0.5) is 11.6 Å². The molecule has 5 heteroatoms. The highest BCUT2D eigenvalue weighted by Gasteiger charge is 2.19. The third-order valence-corrected chi connectivity index (χ3v) is 4.28. The molecule has 0 radical (unpaired) electrons. The van der Waals surface area contributed by atoms with Crippen molar-refractivity contribution in [2.24, 2.45) is 0 Å². The lowest BCUT2D eigenvalue weighted by molar-refractivity contribution is 0.886. The summed E-state index contributed by atoms with van der Waals surface area (Å²) in [6.45, 7) is 2.08. The molecule has 1 aliphatic heterocycles. The van der Waals surface area contributed by atoms with E-state index in [1.54, 1.807) is 0 Å². The molecule has 104 valence electrons. The highest BCUT2D eigenvalue weighted by atomic mass is 79.9. The van der Waals surface area contributed by atoms with E-state index in [2.05, 4.69) is 37.9 Å². The topological polar surface area (TPSA) is 55.0 Å². The molecule has 1 aliphatic rings. The molecule has 0 bridgehead atoms. The van der Waals surface area contributed by atoms with Crippen molar-refractivity contribution in [3.8, 4) is 0 Å². The molecule has 0 spiro atoms. The van der Waals surface area contributed by atoms with Crippen LogP contribution in [0.1, 0.15) is 24.2 Å². The molecule has 20 heavy (non-hydrogen) atoms. The number of rotatable bonds is 3. The third-order valence-electron chi connectivity index (χ3n) is 3.52. The summed E-state index contributed by atoms with van der Waals surface area (Å²) in [6.07, 6.45) is 3.13. The molecule has 3 rings (SSSR count). The Balaban J connectivity index is 1.92. The number of hydrogen-bond acceptors (Lipinski definition) is 4. The maximum Gasteiger partial charge on any atom is 0.148 e. The van der Waals surface area contributed by atoms with Crippen molar-refractivity contribution in [2.75, 3.05) is 23.7 Å². The maximum absolute atomic E-state index is 6.02. The number of aromatic nitrogens is 2. The summed E-state index contributed by atoms with van der Waals surface area (Å²) in [5.41, 5.74) is 7.21. The van der Waals surface area contributed by atoms with E-state index in [1.807, 2.05) is 18.2 Å². The Labute approximate surface area is 127 Å². The number of hydrogen-bond donors (Lipinski definition) is 1. The van der Waals surface area contributed by atoms with Gasteiger partial charge in [0.25, 0.3) is 0 Å². The van der Waals surface area contributed by atoms with Crippen LogP contribution in [0.5, 0.6) is 0 Å². The molecule has 0 atom stereocenters. The summed E-state index contributed by atoms with van der Waals surface area (Å²) in [5.74, 6) is 2.23. The first-order valence-corrected chi connectivity index (χ1v) is 7.64. The van der Waals surface area contributed by atoms with E-state index in [4.69, 9.17) is 10.7 Å². The van der Waals surface area contributed by atoms with Crippen molar-refractivity contribution in [3.63, 3.8) is 0 Å². The summed E-state index contributed by atoms with van der Waals surface area (Å²) in [7, 11) is 0. The van der Waals surface area contributed by atoms with Gasteiger partial charge in [-0.2, -0.15) is 0 Å². The van der Waals surface area contributed by atoms with Crippen molar-refractivity contribution >= 4 is 27.6 Å². The van der Waals surface area contributed by atoms with Gasteiger partial charge >= 0.3 is 0 Å². The first kappa shape index (κ1) is 13.4. The van der Waals surface area contributed by atoms with E-state index >= 15 is 0 Å². The standard InChI is InChI=1S/C15H17BrN4/c16-13-14(17)18-12(10-11-6-2-1-3-7-11)19-15(13)20-8-4-5-9-20/h1-3,6-7H,4-5,8-10H2,(H2,17,18,19). The molecule has 2 heterocycles. The zero-order valence-corrected chi connectivity index (χ0v) is 12.8. The zero-order valence-electron chi connectivity index (χ0n) is 11.2. The number of anilines is 2. The molecule has 0 amide bonds. The number of benzene rings is 1. The minimum Gasteiger partial charge on any atom is -0.383 e. The molecule has 2 aromatic rings. The molecule has 1 aromatic carbocycles. The molecule has 4 nitrogen and oxygen atoms in total. The van der Waals surface area contributed by atoms with E-state index in [-0.39, 0.29) is 0 Å². The van der Waals surface area contributed by atoms with Gasteiger partial charge in [0.15, 0.2) is 0 Å². The molecular weight excluding hydrogens is 316 g/mol. The highest BCUT2D eigenvalue weighted by Crippen LogP contribution is 2.31. The predicted octanol–water partition coefficient (Wildman–Crippen LogP) is 3.01. The van der Waals surface area contributed by atoms with Crippen LogP contribution >= 0.6 is 15.9 Å². The van der Waals surface area contributed by atoms with Crippen LogP contribution in [0.15, 0.2) is 34.8 Å². The Morgan fingerprint density at radius 3 is 2.50 bits per heavy atom. The minimum absolute atomic E-state index is 0.521. The first-order valence-electron chi connectivity index (χ1n) is 6.85. The van der Waals surface area contributed by atoms with Crippen molar-refractivity contribution in [1.82, 2.24) is 9.97 Å². The monoisotopic (exact) mass is 332 g/mol. The second-order valence-electron chi connectivity index (χ2n) is 5.02. The van der Waals surface area contributed by atoms with Gasteiger partial charge in [-0.1, -0.05) is 30.3 Å². The highest BCUT2D eigenvalue weighted by molar-refractivity contribution is 9.10. The van der Waals surface area contributed by atoms with E-state index in [1.165, 1.54) is 18.4 Å². The Bertz CT molecular complexity index is 594. The smallest absolute Gasteiger partial charge is 0.148 e. The van der Waals surface area contributed by atoms with Gasteiger partial charge in [-0.15, -0.1) is 0 Å². The van der Waals surface area contributed by atoms with Crippen molar-refractivity contribution < 1.29 is 0 Å². The summed E-state index contributed by atoms with van der Waals surface area (Å²) in [6, 6.07) is 10.2. The zero-order chi connectivity index (χ0) is 13.9. The second kappa shape index (κ2) is 5.79. The molecule has 0 aliphatic carbocycles. The van der Waals surface area contributed by atoms with Gasteiger partial charge in [-0.3, -0.25) is 0 Å². The van der Waals surface area contributed by atoms with Crippen LogP contribution in [0.25, 0.3) is 0 Å². The SMILES string of the molecule is Nc1nc(Cc2ccccc2)nc(N2CCCC2)c1Br. The Morgan fingerprint density at radius 1 is 1.10 bits per heavy atom. The largest absolute Gasteiger partial charge is 0.383 e. The lowest BCUT2D eigenvalue weighted by Crippen LogP contribution is -2.21. The molecule has 0 unspecified atom stereocenters. The third kappa shape index (κ3) is 2.77. The van der Waals surface area contributed by atoms with E-state index in [9.17, 15) is 0 Å². The van der Waals surface area contributed by atoms with Crippen LogP contribution in [0, 0.1) is 0 Å². The summed E-state index contributed by atoms with van der Waals surface area (Å²) >= 11 is 3.52. The number of nitrogens with zero attached hydrogens (tertiary/aromatic N) is 3. The van der Waals surface area contributed by atoms with Gasteiger partial charge < -0.3 is 10.6 Å². The van der Waals surface area contributed by atoms with Gasteiger partial charge in [0.2, 0.25) is 0 Å². The fraction of sp³-hybridized carbons (Fsp3) is 0.333. The van der Waals surface area contributed by atoms with E-state index < -0.39 is 0 Å². The molecule has 1 aromatic heterocycles. The summed E-state index contributed by atoms with van der Waals surface area (Å²) in [4.78, 5) is 11.4. The quantitative estimate of drug-likeness (QED) is 0.938. The first-order chi connectivity index (χ1) is 9.74. The fourth-order valence-electron chi connectivity index (χ4n) is 2.49. The average molecular weight is 333 g/mol. The molecule has 0 saturated carbocycles.